The van der Waals surface area contributed by atoms with Crippen LogP contribution in [0.3, 0.4) is 0 Å². The first kappa shape index (κ1) is 23.9. The molecule has 33 heavy (non-hydrogen) atoms. The summed E-state index contributed by atoms with van der Waals surface area (Å²) in [7, 11) is -3.63. The fraction of sp³-hybridized carbons (Fsp3) is 0.480. The van der Waals surface area contributed by atoms with Crippen molar-refractivity contribution < 1.29 is 17.9 Å². The summed E-state index contributed by atoms with van der Waals surface area (Å²) in [5, 5.41) is 2.92. The SMILES string of the molecule is CC1CN(Cc2cccc(CNC(=O)c3cccc(S(=O)(=O)NC4CCCC4)c3)c2)CCO1. The van der Waals surface area contributed by atoms with Gasteiger partial charge in [-0.25, -0.2) is 13.1 Å². The number of benzene rings is 2. The van der Waals surface area contributed by atoms with Crippen LogP contribution in [0.15, 0.2) is 53.4 Å². The number of morpholine rings is 1. The van der Waals surface area contributed by atoms with Gasteiger partial charge in [-0.1, -0.05) is 43.2 Å². The Hall–Kier alpha value is -2.26. The van der Waals surface area contributed by atoms with Crippen molar-refractivity contribution in [3.05, 3.63) is 65.2 Å². The molecule has 1 saturated heterocycles. The number of hydrogen-bond acceptors (Lipinski definition) is 5. The summed E-state index contributed by atoms with van der Waals surface area (Å²) in [5.74, 6) is -0.291. The van der Waals surface area contributed by atoms with Crippen molar-refractivity contribution in [3.8, 4) is 0 Å². The number of hydrogen-bond donors (Lipinski definition) is 2. The van der Waals surface area contributed by atoms with Crippen LogP contribution >= 0.6 is 0 Å². The third-order valence-electron chi connectivity index (χ3n) is 6.26. The van der Waals surface area contributed by atoms with E-state index in [9.17, 15) is 13.2 Å². The van der Waals surface area contributed by atoms with Gasteiger partial charge in [0.1, 0.15) is 0 Å². The van der Waals surface area contributed by atoms with E-state index < -0.39 is 10.0 Å². The van der Waals surface area contributed by atoms with Gasteiger partial charge < -0.3 is 10.1 Å². The van der Waals surface area contributed by atoms with E-state index in [1.165, 1.54) is 17.7 Å². The number of amides is 1. The number of carbonyl (C=O) groups excluding carboxylic acids is 1. The minimum atomic E-state index is -3.63. The first-order valence-corrected chi connectivity index (χ1v) is 13.2. The summed E-state index contributed by atoms with van der Waals surface area (Å²) in [5.41, 5.74) is 2.54. The zero-order valence-corrected chi connectivity index (χ0v) is 19.9. The van der Waals surface area contributed by atoms with Crippen LogP contribution in [-0.2, 0) is 27.8 Å². The second-order valence-electron chi connectivity index (χ2n) is 9.05. The topological polar surface area (TPSA) is 87.7 Å². The average Bonchev–Trinajstić information content (AvgIpc) is 3.30. The molecule has 0 bridgehead atoms. The van der Waals surface area contributed by atoms with Crippen LogP contribution < -0.4 is 10.0 Å². The van der Waals surface area contributed by atoms with Gasteiger partial charge in [-0.15, -0.1) is 0 Å². The van der Waals surface area contributed by atoms with Crippen molar-refractivity contribution in [3.63, 3.8) is 0 Å². The van der Waals surface area contributed by atoms with Gasteiger partial charge in [-0.3, -0.25) is 9.69 Å². The van der Waals surface area contributed by atoms with Crippen molar-refractivity contribution in [2.24, 2.45) is 0 Å². The molecule has 178 valence electrons. The second kappa shape index (κ2) is 10.8. The maximum Gasteiger partial charge on any atom is 0.251 e. The third kappa shape index (κ3) is 6.63. The molecular weight excluding hydrogens is 438 g/mol. The first-order valence-electron chi connectivity index (χ1n) is 11.7. The Bertz CT molecular complexity index is 1070. The fourth-order valence-electron chi connectivity index (χ4n) is 4.55. The molecule has 8 heteroatoms. The predicted molar refractivity (Wildman–Crippen MR) is 127 cm³/mol. The highest BCUT2D eigenvalue weighted by atomic mass is 32.2. The Labute approximate surface area is 196 Å². The molecule has 0 aromatic heterocycles. The zero-order valence-electron chi connectivity index (χ0n) is 19.1. The summed E-state index contributed by atoms with van der Waals surface area (Å²) >= 11 is 0. The molecule has 1 aliphatic carbocycles. The van der Waals surface area contributed by atoms with Crippen molar-refractivity contribution in [1.82, 2.24) is 14.9 Å². The molecule has 0 spiro atoms. The summed E-state index contributed by atoms with van der Waals surface area (Å²) in [4.78, 5) is 15.2. The van der Waals surface area contributed by atoms with E-state index in [1.807, 2.05) is 12.1 Å². The van der Waals surface area contributed by atoms with Crippen LogP contribution in [0.4, 0.5) is 0 Å². The highest BCUT2D eigenvalue weighted by molar-refractivity contribution is 7.89. The molecule has 2 N–H and O–H groups in total. The molecule has 1 unspecified atom stereocenters. The Morgan fingerprint density at radius 1 is 1.09 bits per heavy atom. The molecule has 1 amide bonds. The van der Waals surface area contributed by atoms with Crippen molar-refractivity contribution >= 4 is 15.9 Å². The van der Waals surface area contributed by atoms with E-state index in [4.69, 9.17) is 4.74 Å². The van der Waals surface area contributed by atoms with Gasteiger partial charge in [-0.05, 0) is 49.1 Å². The Morgan fingerprint density at radius 2 is 1.85 bits per heavy atom. The van der Waals surface area contributed by atoms with E-state index in [0.717, 1.165) is 57.5 Å². The molecule has 1 atom stereocenters. The zero-order chi connectivity index (χ0) is 23.3. The van der Waals surface area contributed by atoms with Gasteiger partial charge in [0.2, 0.25) is 10.0 Å². The van der Waals surface area contributed by atoms with Crippen molar-refractivity contribution in [2.45, 2.75) is 62.7 Å². The summed E-state index contributed by atoms with van der Waals surface area (Å²) in [6, 6.07) is 14.4. The molecule has 1 heterocycles. The molecule has 1 saturated carbocycles. The third-order valence-corrected chi connectivity index (χ3v) is 7.78. The van der Waals surface area contributed by atoms with Crippen LogP contribution in [0.1, 0.15) is 54.1 Å². The quantitative estimate of drug-likeness (QED) is 0.618. The molecule has 2 fully saturated rings. The van der Waals surface area contributed by atoms with Crippen LogP contribution in [-0.4, -0.2) is 51.1 Å². The molecule has 2 aliphatic rings. The standard InChI is InChI=1S/C25H33N3O4S/c1-19-17-28(12-13-32-19)18-21-7-4-6-20(14-21)16-26-25(29)22-8-5-11-24(15-22)33(30,31)27-23-9-2-3-10-23/h4-8,11,14-15,19,23,27H,2-3,9-10,12-13,16-18H2,1H3,(H,26,29). The molecule has 7 nitrogen and oxygen atoms in total. The lowest BCUT2D eigenvalue weighted by Gasteiger charge is -2.31. The van der Waals surface area contributed by atoms with Crippen LogP contribution in [0.2, 0.25) is 0 Å². The predicted octanol–water partition coefficient (Wildman–Crippen LogP) is 3.06. The van der Waals surface area contributed by atoms with Gasteiger partial charge in [-0.2, -0.15) is 0 Å². The second-order valence-corrected chi connectivity index (χ2v) is 10.8. The van der Waals surface area contributed by atoms with E-state index in [2.05, 4.69) is 34.0 Å². The fourth-order valence-corrected chi connectivity index (χ4v) is 5.90. The molecule has 1 aliphatic heterocycles. The summed E-state index contributed by atoms with van der Waals surface area (Å²) in [6.07, 6.45) is 4.06. The van der Waals surface area contributed by atoms with E-state index in [1.54, 1.807) is 12.1 Å². The lowest BCUT2D eigenvalue weighted by atomic mass is 10.1. The molecular formula is C25H33N3O4S. The van der Waals surface area contributed by atoms with Crippen molar-refractivity contribution in [2.75, 3.05) is 19.7 Å². The average molecular weight is 472 g/mol. The van der Waals surface area contributed by atoms with Crippen LogP contribution in [0.25, 0.3) is 0 Å². The molecule has 2 aromatic rings. The Kier molecular flexibility index (Phi) is 7.80. The number of nitrogens with one attached hydrogen (secondary N) is 2. The van der Waals surface area contributed by atoms with Gasteiger partial charge in [0.05, 0.1) is 17.6 Å². The number of rotatable bonds is 8. The normalized spacial score (nSPS) is 20.1. The molecule has 4 rings (SSSR count). The van der Waals surface area contributed by atoms with Crippen LogP contribution in [0, 0.1) is 0 Å². The minimum Gasteiger partial charge on any atom is -0.376 e. The highest BCUT2D eigenvalue weighted by Gasteiger charge is 2.23. The number of ether oxygens (including phenoxy) is 1. The summed E-state index contributed by atoms with van der Waals surface area (Å²) in [6.45, 7) is 5.90. The number of carbonyl (C=O) groups is 1. The lowest BCUT2D eigenvalue weighted by Crippen LogP contribution is -2.40. The lowest BCUT2D eigenvalue weighted by molar-refractivity contribution is -0.0212. The van der Waals surface area contributed by atoms with Gasteiger partial charge in [0, 0.05) is 37.8 Å². The summed E-state index contributed by atoms with van der Waals surface area (Å²) < 4.78 is 33.8. The Morgan fingerprint density at radius 3 is 2.64 bits per heavy atom. The smallest absolute Gasteiger partial charge is 0.251 e. The maximum absolute atomic E-state index is 12.7. The maximum atomic E-state index is 12.7. The monoisotopic (exact) mass is 471 g/mol. The van der Waals surface area contributed by atoms with Gasteiger partial charge >= 0.3 is 0 Å². The van der Waals surface area contributed by atoms with E-state index in [0.29, 0.717) is 12.1 Å². The minimum absolute atomic E-state index is 0.0135. The molecule has 0 radical (unpaired) electrons. The van der Waals surface area contributed by atoms with E-state index >= 15 is 0 Å². The number of sulfonamides is 1. The van der Waals surface area contributed by atoms with Gasteiger partial charge in [0.25, 0.3) is 5.91 Å². The largest absolute Gasteiger partial charge is 0.376 e. The number of nitrogens with zero attached hydrogens (tertiary/aromatic N) is 1. The Balaban J connectivity index is 1.35. The molecule has 2 aromatic carbocycles. The van der Waals surface area contributed by atoms with Crippen LogP contribution in [0.5, 0.6) is 0 Å². The first-order chi connectivity index (χ1) is 15.9. The highest BCUT2D eigenvalue weighted by Crippen LogP contribution is 2.21. The van der Waals surface area contributed by atoms with Crippen molar-refractivity contribution in [1.29, 1.82) is 0 Å². The van der Waals surface area contributed by atoms with Gasteiger partial charge in [0.15, 0.2) is 0 Å². The van der Waals surface area contributed by atoms with E-state index in [-0.39, 0.29) is 22.9 Å².